The predicted octanol–water partition coefficient (Wildman–Crippen LogP) is 3.37. The Labute approximate surface area is 101 Å². The van der Waals surface area contributed by atoms with E-state index >= 15 is 0 Å². The second kappa shape index (κ2) is 3.83. The van der Waals surface area contributed by atoms with Crippen LogP contribution in [0.4, 0.5) is 13.2 Å². The van der Waals surface area contributed by atoms with Gasteiger partial charge in [0.25, 0.3) is 0 Å². The van der Waals surface area contributed by atoms with Gasteiger partial charge >= 0.3 is 6.18 Å². The molecule has 3 rings (SSSR count). The molecule has 18 heavy (non-hydrogen) atoms. The van der Waals surface area contributed by atoms with Gasteiger partial charge in [0, 0.05) is 6.20 Å². The first-order valence-corrected chi connectivity index (χ1v) is 5.63. The summed E-state index contributed by atoms with van der Waals surface area (Å²) in [5.41, 5.74) is 0.951. The number of halogens is 3. The van der Waals surface area contributed by atoms with Crippen molar-refractivity contribution in [2.75, 3.05) is 0 Å². The van der Waals surface area contributed by atoms with Crippen LogP contribution in [0.25, 0.3) is 11.4 Å². The molecule has 0 aromatic carbocycles. The van der Waals surface area contributed by atoms with E-state index in [1.165, 1.54) is 12.8 Å². The highest BCUT2D eigenvalue weighted by molar-refractivity contribution is 5.54. The van der Waals surface area contributed by atoms with Crippen molar-refractivity contribution in [3.8, 4) is 11.4 Å². The third-order valence-corrected chi connectivity index (χ3v) is 2.98. The lowest BCUT2D eigenvalue weighted by molar-refractivity contribution is -0.141. The van der Waals surface area contributed by atoms with Gasteiger partial charge in [-0.25, -0.2) is 0 Å². The first-order valence-electron chi connectivity index (χ1n) is 5.63. The van der Waals surface area contributed by atoms with Crippen LogP contribution < -0.4 is 0 Å². The number of hydrogen-bond donors (Lipinski definition) is 1. The zero-order valence-corrected chi connectivity index (χ0v) is 9.33. The Balaban J connectivity index is 1.87. The van der Waals surface area contributed by atoms with Gasteiger partial charge in [-0.2, -0.15) is 18.3 Å². The minimum Gasteiger partial charge on any atom is -0.273 e. The standard InChI is InChI=1S/C12H10F3N3/c13-12(14,15)11-5-10(17-18-11)9-4-3-8(6-16-9)7-1-2-7/h3-7H,1-2H2,(H,17,18). The summed E-state index contributed by atoms with van der Waals surface area (Å²) < 4.78 is 37.2. The quantitative estimate of drug-likeness (QED) is 0.891. The number of nitrogens with zero attached hydrogens (tertiary/aromatic N) is 2. The summed E-state index contributed by atoms with van der Waals surface area (Å²) in [5, 5.41) is 5.61. The molecule has 1 N–H and O–H groups in total. The van der Waals surface area contributed by atoms with Gasteiger partial charge in [0.1, 0.15) is 11.4 Å². The molecule has 1 saturated carbocycles. The molecule has 0 saturated heterocycles. The van der Waals surface area contributed by atoms with Gasteiger partial charge in [0.05, 0.1) is 5.69 Å². The fourth-order valence-corrected chi connectivity index (χ4v) is 1.81. The van der Waals surface area contributed by atoms with E-state index in [-0.39, 0.29) is 5.69 Å². The van der Waals surface area contributed by atoms with Crippen LogP contribution in [0, 0.1) is 0 Å². The van der Waals surface area contributed by atoms with Crippen LogP contribution in [-0.2, 0) is 6.18 Å². The maximum absolute atomic E-state index is 12.4. The molecule has 0 unspecified atom stereocenters. The lowest BCUT2D eigenvalue weighted by Crippen LogP contribution is -2.04. The molecule has 2 aromatic rings. The van der Waals surface area contributed by atoms with Gasteiger partial charge in [-0.05, 0) is 36.5 Å². The van der Waals surface area contributed by atoms with Gasteiger partial charge < -0.3 is 0 Å². The number of hydrogen-bond acceptors (Lipinski definition) is 2. The second-order valence-electron chi connectivity index (χ2n) is 4.42. The third-order valence-electron chi connectivity index (χ3n) is 2.98. The second-order valence-corrected chi connectivity index (χ2v) is 4.42. The third kappa shape index (κ3) is 2.10. The van der Waals surface area contributed by atoms with Crippen LogP contribution >= 0.6 is 0 Å². The lowest BCUT2D eigenvalue weighted by atomic mass is 10.1. The number of nitrogens with one attached hydrogen (secondary N) is 1. The van der Waals surface area contributed by atoms with E-state index in [0.717, 1.165) is 11.6 Å². The highest BCUT2D eigenvalue weighted by atomic mass is 19.4. The van der Waals surface area contributed by atoms with Gasteiger partial charge in [-0.1, -0.05) is 6.07 Å². The number of rotatable bonds is 2. The minimum atomic E-state index is -4.40. The summed E-state index contributed by atoms with van der Waals surface area (Å²) in [6, 6.07) is 4.59. The maximum Gasteiger partial charge on any atom is 0.432 e. The molecule has 6 heteroatoms. The fourth-order valence-electron chi connectivity index (χ4n) is 1.81. The summed E-state index contributed by atoms with van der Waals surface area (Å²) >= 11 is 0. The van der Waals surface area contributed by atoms with Crippen molar-refractivity contribution in [3.05, 3.63) is 35.7 Å². The van der Waals surface area contributed by atoms with Gasteiger partial charge in [0.15, 0.2) is 0 Å². The van der Waals surface area contributed by atoms with Crippen molar-refractivity contribution in [1.29, 1.82) is 0 Å². The van der Waals surface area contributed by atoms with Crippen molar-refractivity contribution in [2.24, 2.45) is 0 Å². The highest BCUT2D eigenvalue weighted by Crippen LogP contribution is 2.40. The molecule has 1 fully saturated rings. The summed E-state index contributed by atoms with van der Waals surface area (Å²) in [4.78, 5) is 4.16. The van der Waals surface area contributed by atoms with Crippen LogP contribution in [0.5, 0.6) is 0 Å². The van der Waals surface area contributed by atoms with Crippen LogP contribution in [0.3, 0.4) is 0 Å². The van der Waals surface area contributed by atoms with E-state index in [2.05, 4.69) is 10.1 Å². The van der Waals surface area contributed by atoms with Crippen LogP contribution in [-0.4, -0.2) is 15.2 Å². The molecule has 94 valence electrons. The smallest absolute Gasteiger partial charge is 0.273 e. The van der Waals surface area contributed by atoms with Gasteiger partial charge in [-0.15, -0.1) is 0 Å². The summed E-state index contributed by atoms with van der Waals surface area (Å²) in [5.74, 6) is 0.580. The monoisotopic (exact) mass is 253 g/mol. The maximum atomic E-state index is 12.4. The van der Waals surface area contributed by atoms with Crippen LogP contribution in [0.15, 0.2) is 24.4 Å². The molecule has 0 amide bonds. The Bertz CT molecular complexity index is 553. The van der Waals surface area contributed by atoms with E-state index < -0.39 is 11.9 Å². The van der Waals surface area contributed by atoms with Crippen molar-refractivity contribution in [3.63, 3.8) is 0 Å². The Morgan fingerprint density at radius 2 is 1.94 bits per heavy atom. The molecule has 1 aliphatic carbocycles. The molecule has 0 spiro atoms. The average molecular weight is 253 g/mol. The molecule has 0 radical (unpaired) electrons. The number of pyridine rings is 1. The van der Waals surface area contributed by atoms with Crippen LogP contribution in [0.2, 0.25) is 0 Å². The van der Waals surface area contributed by atoms with E-state index in [1.54, 1.807) is 12.3 Å². The first kappa shape index (κ1) is 11.3. The minimum absolute atomic E-state index is 0.213. The normalized spacial score (nSPS) is 15.9. The van der Waals surface area contributed by atoms with E-state index in [4.69, 9.17) is 0 Å². The van der Waals surface area contributed by atoms with E-state index in [9.17, 15) is 13.2 Å². The lowest BCUT2D eigenvalue weighted by Gasteiger charge is -2.00. The van der Waals surface area contributed by atoms with Crippen molar-refractivity contribution < 1.29 is 13.2 Å². The van der Waals surface area contributed by atoms with E-state index in [0.29, 0.717) is 11.6 Å². The molecule has 3 nitrogen and oxygen atoms in total. The molecule has 0 bridgehead atoms. The zero-order valence-electron chi connectivity index (χ0n) is 9.33. The fraction of sp³-hybridized carbons (Fsp3) is 0.333. The van der Waals surface area contributed by atoms with Crippen molar-refractivity contribution in [1.82, 2.24) is 15.2 Å². The molecule has 1 aliphatic rings. The number of aromatic nitrogens is 3. The molecular formula is C12H10F3N3. The largest absolute Gasteiger partial charge is 0.432 e. The molecule has 0 aliphatic heterocycles. The van der Waals surface area contributed by atoms with Gasteiger partial charge in [0.2, 0.25) is 0 Å². The van der Waals surface area contributed by atoms with Crippen molar-refractivity contribution in [2.45, 2.75) is 24.9 Å². The summed E-state index contributed by atoms with van der Waals surface area (Å²) in [7, 11) is 0. The SMILES string of the molecule is FC(F)(F)c1cc(-c2ccc(C3CC3)cn2)n[nH]1. The highest BCUT2D eigenvalue weighted by Gasteiger charge is 2.33. The molecule has 2 heterocycles. The molecular weight excluding hydrogens is 243 g/mol. The summed E-state index contributed by atoms with van der Waals surface area (Å²) in [6.45, 7) is 0. The zero-order chi connectivity index (χ0) is 12.8. The number of aromatic amines is 1. The Hall–Kier alpha value is -1.85. The number of H-pyrrole nitrogens is 1. The Kier molecular flexibility index (Phi) is 2.39. The van der Waals surface area contributed by atoms with E-state index in [1.807, 2.05) is 11.2 Å². The Morgan fingerprint density at radius 3 is 2.44 bits per heavy atom. The molecule has 2 aromatic heterocycles. The van der Waals surface area contributed by atoms with Gasteiger partial charge in [-0.3, -0.25) is 10.1 Å². The topological polar surface area (TPSA) is 41.6 Å². The Morgan fingerprint density at radius 1 is 1.17 bits per heavy atom. The van der Waals surface area contributed by atoms with Crippen molar-refractivity contribution >= 4 is 0 Å². The average Bonchev–Trinajstić information content (AvgIpc) is 3.05. The summed E-state index contributed by atoms with van der Waals surface area (Å²) in [6.07, 6.45) is -0.350. The number of alkyl halides is 3. The van der Waals surface area contributed by atoms with Crippen LogP contribution in [0.1, 0.15) is 30.0 Å². The predicted molar refractivity (Wildman–Crippen MR) is 58.8 cm³/mol. The first-order chi connectivity index (χ1) is 8.54. The molecule has 0 atom stereocenters.